The topological polar surface area (TPSA) is 174 Å². The smallest absolute Gasteiger partial charge is 0.255 e. The molecule has 3 fully saturated rings. The summed E-state index contributed by atoms with van der Waals surface area (Å²) in [5.41, 5.74) is 3.52. The number of amides is 1. The maximum atomic E-state index is 14.0. The molecule has 3 aliphatic carbocycles. The van der Waals surface area contributed by atoms with Crippen LogP contribution in [0.1, 0.15) is 30.4 Å². The molecular weight excluding hydrogens is 494 g/mol. The summed E-state index contributed by atoms with van der Waals surface area (Å²) in [5, 5.41) is 45.0. The molecule has 4 atom stereocenters. The first-order valence-electron chi connectivity index (χ1n) is 13.1. The SMILES string of the molecule is NC(=O)C1=C(O)[C@@]2(O)C(=O)C3=C(O)c4c(O)ccc(N5CCOCC5)c4C[C@H]3C[C@H]2[C@@H](N2CCCC2)C1=O. The molecule has 202 valence electrons. The van der Waals surface area contributed by atoms with Gasteiger partial charge in [-0.25, -0.2) is 0 Å². The Morgan fingerprint density at radius 3 is 2.39 bits per heavy atom. The fourth-order valence-electron chi connectivity index (χ4n) is 7.17. The number of phenolic OH excluding ortho intramolecular Hbond substituents is 1. The van der Waals surface area contributed by atoms with Gasteiger partial charge >= 0.3 is 0 Å². The molecule has 2 aliphatic heterocycles. The molecular formula is C27H31N3O8. The van der Waals surface area contributed by atoms with Crippen molar-refractivity contribution < 1.29 is 39.5 Å². The Kier molecular flexibility index (Phi) is 5.78. The van der Waals surface area contributed by atoms with Crippen molar-refractivity contribution in [3.63, 3.8) is 0 Å². The third-order valence-electron chi connectivity index (χ3n) is 8.91. The van der Waals surface area contributed by atoms with E-state index in [0.29, 0.717) is 45.0 Å². The molecule has 1 amide bonds. The van der Waals surface area contributed by atoms with Crippen molar-refractivity contribution in [1.82, 2.24) is 4.90 Å². The van der Waals surface area contributed by atoms with E-state index in [0.717, 1.165) is 18.5 Å². The zero-order valence-corrected chi connectivity index (χ0v) is 20.9. The predicted molar refractivity (Wildman–Crippen MR) is 134 cm³/mol. The predicted octanol–water partition coefficient (Wildman–Crippen LogP) is 0.335. The van der Waals surface area contributed by atoms with Crippen LogP contribution in [0, 0.1) is 11.8 Å². The molecule has 0 radical (unpaired) electrons. The zero-order chi connectivity index (χ0) is 26.9. The Morgan fingerprint density at radius 1 is 1.05 bits per heavy atom. The molecule has 0 spiro atoms. The minimum absolute atomic E-state index is 0.0995. The van der Waals surface area contributed by atoms with Gasteiger partial charge in [-0.05, 0) is 62.4 Å². The number of hydrogen-bond donors (Lipinski definition) is 5. The van der Waals surface area contributed by atoms with Crippen LogP contribution in [0.25, 0.3) is 5.76 Å². The number of fused-ring (bicyclic) bond motifs is 3. The molecule has 38 heavy (non-hydrogen) atoms. The van der Waals surface area contributed by atoms with E-state index in [-0.39, 0.29) is 29.7 Å². The summed E-state index contributed by atoms with van der Waals surface area (Å²) in [7, 11) is 0. The number of nitrogens with zero attached hydrogens (tertiary/aromatic N) is 2. The first-order chi connectivity index (χ1) is 18.2. The third kappa shape index (κ3) is 3.35. The number of primary amides is 1. The van der Waals surface area contributed by atoms with E-state index in [9.17, 15) is 34.8 Å². The van der Waals surface area contributed by atoms with E-state index in [2.05, 4.69) is 4.90 Å². The lowest BCUT2D eigenvalue weighted by Crippen LogP contribution is -2.66. The van der Waals surface area contributed by atoms with Crippen LogP contribution >= 0.6 is 0 Å². The highest BCUT2D eigenvalue weighted by atomic mass is 16.5. The summed E-state index contributed by atoms with van der Waals surface area (Å²) in [6.07, 6.45) is 2.01. The number of ether oxygens (including phenoxy) is 1. The molecule has 0 aromatic heterocycles. The molecule has 0 bridgehead atoms. The Bertz CT molecular complexity index is 1310. The Balaban J connectivity index is 1.52. The quantitative estimate of drug-likeness (QED) is 0.346. The van der Waals surface area contributed by atoms with Gasteiger partial charge in [0.25, 0.3) is 5.91 Å². The van der Waals surface area contributed by atoms with Crippen LogP contribution in [0.4, 0.5) is 5.69 Å². The third-order valence-corrected chi connectivity index (χ3v) is 8.91. The Morgan fingerprint density at radius 2 is 1.74 bits per heavy atom. The number of nitrogens with two attached hydrogens (primary N) is 1. The van der Waals surface area contributed by atoms with Gasteiger partial charge in [0.15, 0.2) is 11.4 Å². The highest BCUT2D eigenvalue weighted by Crippen LogP contribution is 2.54. The molecule has 11 heteroatoms. The number of likely N-dealkylation sites (tertiary alicyclic amines) is 1. The average Bonchev–Trinajstić information content (AvgIpc) is 3.41. The molecule has 0 unspecified atom stereocenters. The number of morpholine rings is 1. The first-order valence-corrected chi connectivity index (χ1v) is 13.1. The molecule has 6 rings (SSSR count). The van der Waals surface area contributed by atoms with Gasteiger partial charge in [-0.2, -0.15) is 0 Å². The van der Waals surface area contributed by atoms with Gasteiger partial charge in [0.1, 0.15) is 22.8 Å². The van der Waals surface area contributed by atoms with Gasteiger partial charge in [0, 0.05) is 30.3 Å². The van der Waals surface area contributed by atoms with Crippen LogP contribution in [0.3, 0.4) is 0 Å². The van der Waals surface area contributed by atoms with Crippen LogP contribution in [-0.4, -0.2) is 93.8 Å². The second-order valence-electron chi connectivity index (χ2n) is 10.8. The summed E-state index contributed by atoms with van der Waals surface area (Å²) in [5.74, 6) is -6.27. The van der Waals surface area contributed by atoms with Crippen molar-refractivity contribution in [3.8, 4) is 5.75 Å². The standard InChI is InChI=1S/C27H31N3O8/c28-26(36)20-23(33)21(30-5-1-2-6-30)15-12-13-11-14-16(29-7-9-38-10-8-29)3-4-17(31)19(14)22(32)18(13)24(34)27(15,37)25(20)35/h3-4,13,15,21,31-32,35,37H,1-2,5-12H2,(H2,28,36)/t13-,15-,21+,27-/m0/s1. The number of ketones is 2. The monoisotopic (exact) mass is 525 g/mol. The molecule has 1 saturated carbocycles. The van der Waals surface area contributed by atoms with E-state index in [1.165, 1.54) is 6.07 Å². The molecule has 6 N–H and O–H groups in total. The van der Waals surface area contributed by atoms with Gasteiger partial charge in [-0.1, -0.05) is 0 Å². The summed E-state index contributed by atoms with van der Waals surface area (Å²) >= 11 is 0. The summed E-state index contributed by atoms with van der Waals surface area (Å²) in [6.45, 7) is 3.41. The molecule has 2 heterocycles. The van der Waals surface area contributed by atoms with Gasteiger partial charge in [-0.3, -0.25) is 19.3 Å². The van der Waals surface area contributed by atoms with Crippen LogP contribution in [0.15, 0.2) is 29.0 Å². The molecule has 2 saturated heterocycles. The van der Waals surface area contributed by atoms with E-state index >= 15 is 0 Å². The number of aliphatic hydroxyl groups is 3. The minimum atomic E-state index is -2.61. The second-order valence-corrected chi connectivity index (χ2v) is 10.8. The van der Waals surface area contributed by atoms with Gasteiger partial charge < -0.3 is 35.8 Å². The van der Waals surface area contributed by atoms with Crippen molar-refractivity contribution in [1.29, 1.82) is 0 Å². The lowest BCUT2D eigenvalue weighted by atomic mass is 9.57. The van der Waals surface area contributed by atoms with Crippen molar-refractivity contribution in [2.24, 2.45) is 17.6 Å². The maximum Gasteiger partial charge on any atom is 0.255 e. The number of phenols is 1. The number of carbonyl (C=O) groups excluding carboxylic acids is 3. The Hall–Kier alpha value is -3.41. The van der Waals surface area contributed by atoms with Crippen molar-refractivity contribution in [2.75, 3.05) is 44.3 Å². The van der Waals surface area contributed by atoms with Crippen LogP contribution in [0.2, 0.25) is 0 Å². The number of Topliss-reactive ketones (excluding diaryl/α,β-unsaturated/α-hetero) is 2. The average molecular weight is 526 g/mol. The molecule has 5 aliphatic rings. The lowest BCUT2D eigenvalue weighted by Gasteiger charge is -2.51. The number of benzene rings is 1. The number of anilines is 1. The van der Waals surface area contributed by atoms with Crippen LogP contribution < -0.4 is 10.6 Å². The van der Waals surface area contributed by atoms with Gasteiger partial charge in [0.2, 0.25) is 5.78 Å². The zero-order valence-electron chi connectivity index (χ0n) is 20.9. The highest BCUT2D eigenvalue weighted by molar-refractivity contribution is 6.24. The van der Waals surface area contributed by atoms with Crippen molar-refractivity contribution >= 4 is 28.9 Å². The Labute approximate surface area is 218 Å². The molecule has 1 aromatic rings. The van der Waals surface area contributed by atoms with Crippen molar-refractivity contribution in [2.45, 2.75) is 37.3 Å². The van der Waals surface area contributed by atoms with Crippen LogP contribution in [-0.2, 0) is 25.5 Å². The largest absolute Gasteiger partial charge is 0.508 e. The highest BCUT2D eigenvalue weighted by Gasteiger charge is 2.64. The lowest BCUT2D eigenvalue weighted by molar-refractivity contribution is -0.154. The second kappa shape index (κ2) is 8.82. The first kappa shape index (κ1) is 24.9. The number of aliphatic hydroxyl groups excluding tert-OH is 2. The minimum Gasteiger partial charge on any atom is -0.508 e. The fourth-order valence-corrected chi connectivity index (χ4v) is 7.17. The van der Waals surface area contributed by atoms with Crippen LogP contribution in [0.5, 0.6) is 5.75 Å². The summed E-state index contributed by atoms with van der Waals surface area (Å²) in [6, 6.07) is 2.22. The number of rotatable bonds is 3. The van der Waals surface area contributed by atoms with Gasteiger partial charge in [-0.15, -0.1) is 0 Å². The number of carbonyl (C=O) groups is 3. The number of aromatic hydroxyl groups is 1. The van der Waals surface area contributed by atoms with E-state index in [1.54, 1.807) is 6.07 Å². The molecule has 11 nitrogen and oxygen atoms in total. The van der Waals surface area contributed by atoms with E-state index in [1.807, 2.05) is 4.90 Å². The van der Waals surface area contributed by atoms with Crippen molar-refractivity contribution in [3.05, 3.63) is 40.2 Å². The van der Waals surface area contributed by atoms with Gasteiger partial charge in [0.05, 0.1) is 24.8 Å². The van der Waals surface area contributed by atoms with E-state index < -0.39 is 58.0 Å². The van der Waals surface area contributed by atoms with E-state index in [4.69, 9.17) is 10.5 Å². The maximum absolute atomic E-state index is 14.0. The number of hydrogen-bond acceptors (Lipinski definition) is 10. The summed E-state index contributed by atoms with van der Waals surface area (Å²) in [4.78, 5) is 43.7. The fraction of sp³-hybridized carbons (Fsp3) is 0.519. The summed E-state index contributed by atoms with van der Waals surface area (Å²) < 4.78 is 5.47. The molecule has 1 aromatic carbocycles. The normalized spacial score (nSPS) is 31.8.